The Hall–Kier alpha value is -2.55. The fourth-order valence-corrected chi connectivity index (χ4v) is 29.0. The maximum absolute atomic E-state index is 2.77. The molecule has 2 atom stereocenters. The van der Waals surface area contributed by atoms with Crippen LogP contribution in [0.2, 0.25) is 13.5 Å². The topological polar surface area (TPSA) is 0 Å². The minimum absolute atomic E-state index is 0.558. The number of fused-ring (bicyclic) bond motifs is 6. The Balaban J connectivity index is 1.29. The molecule has 0 nitrogen and oxygen atoms in total. The van der Waals surface area contributed by atoms with Gasteiger partial charge >= 0.3 is 254 Å². The van der Waals surface area contributed by atoms with E-state index in [1.807, 2.05) is 5.20 Å². The number of hydrogen-bond donors (Lipinski definition) is 0. The molecule has 1 fully saturated rings. The van der Waals surface area contributed by atoms with E-state index in [1.54, 1.807) is 21.9 Å². The first-order chi connectivity index (χ1) is 20.7. The molecule has 0 bridgehead atoms. The summed E-state index contributed by atoms with van der Waals surface area (Å²) in [5, 5.41) is 3.64. The molecule has 2 unspecified atom stereocenters. The molecule has 0 radical (unpaired) electrons. The molecule has 0 aromatic heterocycles. The third-order valence-electron chi connectivity index (χ3n) is 10.7. The monoisotopic (exact) mass is 746 g/mol. The summed E-state index contributed by atoms with van der Waals surface area (Å²) < 4.78 is 7.77. The van der Waals surface area contributed by atoms with Gasteiger partial charge in [-0.05, 0) is 0 Å². The van der Waals surface area contributed by atoms with Crippen molar-refractivity contribution in [2.45, 2.75) is 75.5 Å². The average Bonchev–Trinajstić information content (AvgIpc) is 3.55. The van der Waals surface area contributed by atoms with E-state index in [0.29, 0.717) is 17.8 Å². The van der Waals surface area contributed by atoms with Crippen LogP contribution in [0.25, 0.3) is 34.4 Å². The second kappa shape index (κ2) is 11.4. The van der Waals surface area contributed by atoms with Gasteiger partial charge in [-0.2, -0.15) is 0 Å². The third-order valence-corrected chi connectivity index (χ3v) is 28.3. The van der Waals surface area contributed by atoms with E-state index in [4.69, 9.17) is 0 Å². The zero-order chi connectivity index (χ0) is 29.9. The van der Waals surface area contributed by atoms with E-state index < -0.39 is 29.5 Å². The molecular formula is C41H46HfSi. The Kier molecular flexibility index (Phi) is 7.75. The second-order valence-electron chi connectivity index (χ2n) is 14.7. The summed E-state index contributed by atoms with van der Waals surface area (Å²) in [6.45, 7) is 9.13. The molecule has 43 heavy (non-hydrogen) atoms. The number of hydrogen-bond acceptors (Lipinski definition) is 0. The summed E-state index contributed by atoms with van der Waals surface area (Å²) in [5.74, 6) is 1.75. The normalized spacial score (nSPS) is 20.9. The van der Waals surface area contributed by atoms with Gasteiger partial charge in [-0.25, -0.2) is 0 Å². The fraction of sp³-hybridized carbons (Fsp3) is 0.317. The van der Waals surface area contributed by atoms with Gasteiger partial charge < -0.3 is 0 Å². The molecule has 7 rings (SSSR count). The molecule has 1 aliphatic heterocycles. The summed E-state index contributed by atoms with van der Waals surface area (Å²) in [5.41, 5.74) is 14.8. The first-order valence-corrected chi connectivity index (χ1v) is 29.8. The van der Waals surface area contributed by atoms with Crippen molar-refractivity contribution in [1.82, 2.24) is 0 Å². The molecule has 3 aliphatic rings. The summed E-state index contributed by atoms with van der Waals surface area (Å²) in [6, 6.07) is 33.1. The third kappa shape index (κ3) is 5.27. The van der Waals surface area contributed by atoms with Gasteiger partial charge in [-0.1, -0.05) is 13.8 Å². The van der Waals surface area contributed by atoms with Gasteiger partial charge in [0, 0.05) is 0 Å². The van der Waals surface area contributed by atoms with Crippen molar-refractivity contribution in [3.8, 4) is 22.3 Å². The molecule has 0 spiro atoms. The molecule has 0 saturated carbocycles. The Morgan fingerprint density at radius 3 is 1.70 bits per heavy atom. The van der Waals surface area contributed by atoms with Crippen molar-refractivity contribution in [2.24, 2.45) is 0 Å². The van der Waals surface area contributed by atoms with E-state index >= 15 is 0 Å². The first-order valence-electron chi connectivity index (χ1n) is 16.6. The summed E-state index contributed by atoms with van der Waals surface area (Å²) in [4.78, 5) is 0. The average molecular weight is 745 g/mol. The summed E-state index contributed by atoms with van der Waals surface area (Å²) in [6.07, 6.45) is 8.09. The number of benzene rings is 4. The van der Waals surface area contributed by atoms with Gasteiger partial charge in [0.25, 0.3) is 0 Å². The van der Waals surface area contributed by atoms with Crippen LogP contribution in [-0.2, 0) is 20.0 Å². The van der Waals surface area contributed by atoms with Crippen molar-refractivity contribution in [3.63, 3.8) is 0 Å². The predicted octanol–water partition coefficient (Wildman–Crippen LogP) is 11.4. The van der Waals surface area contributed by atoms with E-state index in [-0.39, 0.29) is 0 Å². The maximum atomic E-state index is 2.77. The van der Waals surface area contributed by atoms with Crippen LogP contribution >= 0.6 is 0 Å². The molecule has 1 saturated heterocycles. The van der Waals surface area contributed by atoms with E-state index in [0.717, 1.165) is 3.67 Å². The van der Waals surface area contributed by atoms with Crippen LogP contribution in [0, 0.1) is 0 Å². The zero-order valence-corrected chi connectivity index (χ0v) is 31.9. The van der Waals surface area contributed by atoms with Crippen LogP contribution in [0.4, 0.5) is 0 Å². The standard InChI is InChI=1S/C39H40Si.2CH3.Hf/c1-6-9-36-35-13-8-12-34(30-20-16-28(17-21-30)26(4)5)38(35)24-39(36)40-32-22-31-10-7-11-33(37(31)23-32)29-18-14-27(15-19-29)25(2)3;;;/h7-8,10-26,36H,1,6,9,40H2,2-5H3;2*1H3;. The molecule has 2 heteroatoms. The first kappa shape index (κ1) is 29.2. The van der Waals surface area contributed by atoms with Crippen LogP contribution in [0.5, 0.6) is 0 Å². The van der Waals surface area contributed by atoms with Gasteiger partial charge in [0.1, 0.15) is 0 Å². The number of allylic oxidation sites excluding steroid dienone is 2. The summed E-state index contributed by atoms with van der Waals surface area (Å²) in [7, 11) is -0.558. The predicted molar refractivity (Wildman–Crippen MR) is 188 cm³/mol. The van der Waals surface area contributed by atoms with Crippen molar-refractivity contribution >= 4 is 21.7 Å². The molecule has 4 aromatic carbocycles. The number of rotatable bonds is 4. The van der Waals surface area contributed by atoms with Crippen LogP contribution < -0.4 is 0 Å². The molecule has 4 aromatic rings. The quantitative estimate of drug-likeness (QED) is 0.183. The van der Waals surface area contributed by atoms with Gasteiger partial charge in [0.05, 0.1) is 0 Å². The van der Waals surface area contributed by atoms with Crippen molar-refractivity contribution in [2.75, 3.05) is 0 Å². The van der Waals surface area contributed by atoms with Gasteiger partial charge in [-0.15, -0.1) is 0 Å². The van der Waals surface area contributed by atoms with Crippen LogP contribution in [0.3, 0.4) is 0 Å². The van der Waals surface area contributed by atoms with E-state index in [1.165, 1.54) is 56.0 Å². The Labute approximate surface area is 266 Å². The summed E-state index contributed by atoms with van der Waals surface area (Å²) >= 11 is -2.57. The van der Waals surface area contributed by atoms with Crippen molar-refractivity contribution in [3.05, 3.63) is 129 Å². The molecule has 0 N–H and O–H groups in total. The van der Waals surface area contributed by atoms with Gasteiger partial charge in [0.15, 0.2) is 0 Å². The van der Waals surface area contributed by atoms with Gasteiger partial charge in [-0.3, -0.25) is 0 Å². The Morgan fingerprint density at radius 1 is 0.628 bits per heavy atom. The van der Waals surface area contributed by atoms with E-state index in [9.17, 15) is 0 Å². The second-order valence-corrected chi connectivity index (χ2v) is 34.8. The minimum atomic E-state index is -2.57. The van der Waals surface area contributed by atoms with E-state index in [2.05, 4.69) is 134 Å². The van der Waals surface area contributed by atoms with Crippen LogP contribution in [0.15, 0.2) is 95.3 Å². The van der Waals surface area contributed by atoms with Gasteiger partial charge in [0.2, 0.25) is 0 Å². The molecule has 2 aliphatic carbocycles. The Bertz CT molecular complexity index is 1730. The van der Waals surface area contributed by atoms with Crippen LogP contribution in [0.1, 0.15) is 95.3 Å². The SMILES string of the molecule is CC(C)c1ccc(-c2cccc3c2C=C2[SiH2]C4=Cc5c(-c6ccc(C(C)C)cc6)cccc5[CH]4[Hf]([CH3])([CH3])[CH2]CCC23)cc1. The fourth-order valence-electron chi connectivity index (χ4n) is 8.33. The molecular weight excluding hydrogens is 699 g/mol. The van der Waals surface area contributed by atoms with Crippen molar-refractivity contribution < 1.29 is 20.0 Å². The molecule has 218 valence electrons. The molecule has 0 amide bonds. The zero-order valence-electron chi connectivity index (χ0n) is 26.9. The Morgan fingerprint density at radius 2 is 1.14 bits per heavy atom. The molecule has 1 heterocycles. The van der Waals surface area contributed by atoms with Crippen LogP contribution in [-0.4, -0.2) is 9.52 Å². The van der Waals surface area contributed by atoms with Crippen molar-refractivity contribution in [1.29, 1.82) is 0 Å².